The fourth-order valence-electron chi connectivity index (χ4n) is 2.64. The molecule has 3 aromatic carbocycles. The van der Waals surface area contributed by atoms with E-state index in [1.807, 2.05) is 48.5 Å². The van der Waals surface area contributed by atoms with Crippen molar-refractivity contribution < 1.29 is 4.79 Å². The maximum absolute atomic E-state index is 12.3. The van der Waals surface area contributed by atoms with Crippen molar-refractivity contribution >= 4 is 45.2 Å². The van der Waals surface area contributed by atoms with Gasteiger partial charge in [0.2, 0.25) is 0 Å². The SMILES string of the molecule is N#C/C(=C\c1ccc(Cc2ccccc2Br)cc1)C(=O)Nc1ccc(Cl)cc1. The minimum absolute atomic E-state index is 0.0357. The van der Waals surface area contributed by atoms with E-state index >= 15 is 0 Å². The van der Waals surface area contributed by atoms with Gasteiger partial charge in [-0.3, -0.25) is 4.79 Å². The number of carbonyl (C=O) groups excluding carboxylic acids is 1. The maximum Gasteiger partial charge on any atom is 0.266 e. The van der Waals surface area contributed by atoms with Crippen LogP contribution in [0.15, 0.2) is 82.8 Å². The van der Waals surface area contributed by atoms with E-state index in [1.165, 1.54) is 5.56 Å². The number of hydrogen-bond donors (Lipinski definition) is 1. The quantitative estimate of drug-likeness (QED) is 0.369. The van der Waals surface area contributed by atoms with E-state index in [1.54, 1.807) is 30.3 Å². The fraction of sp³-hybridized carbons (Fsp3) is 0.0435. The molecule has 0 saturated heterocycles. The molecule has 5 heteroatoms. The molecule has 3 nitrogen and oxygen atoms in total. The first-order valence-corrected chi connectivity index (χ1v) is 9.73. The zero-order valence-corrected chi connectivity index (χ0v) is 17.2. The van der Waals surface area contributed by atoms with Crippen LogP contribution in [-0.4, -0.2) is 5.91 Å². The summed E-state index contributed by atoms with van der Waals surface area (Å²) in [6.45, 7) is 0. The number of benzene rings is 3. The molecule has 0 aliphatic carbocycles. The Balaban J connectivity index is 1.72. The first kappa shape index (κ1) is 19.9. The number of nitrogens with one attached hydrogen (secondary N) is 1. The second-order valence-electron chi connectivity index (χ2n) is 6.14. The summed E-state index contributed by atoms with van der Waals surface area (Å²) in [5.74, 6) is -0.456. The van der Waals surface area contributed by atoms with E-state index in [2.05, 4.69) is 27.3 Å². The highest BCUT2D eigenvalue weighted by atomic mass is 79.9. The monoisotopic (exact) mass is 450 g/mol. The van der Waals surface area contributed by atoms with Gasteiger partial charge in [-0.2, -0.15) is 5.26 Å². The second-order valence-corrected chi connectivity index (χ2v) is 7.43. The molecular weight excluding hydrogens is 436 g/mol. The minimum Gasteiger partial charge on any atom is -0.321 e. The molecule has 138 valence electrons. The number of amides is 1. The number of nitrogens with zero attached hydrogens (tertiary/aromatic N) is 1. The standard InChI is InChI=1S/C23H16BrClN2O/c24-22-4-2-1-3-18(22)13-16-5-7-17(8-6-16)14-19(15-26)23(28)27-21-11-9-20(25)10-12-21/h1-12,14H,13H2,(H,27,28)/b19-14+. The van der Waals surface area contributed by atoms with E-state index in [-0.39, 0.29) is 5.57 Å². The van der Waals surface area contributed by atoms with Crippen LogP contribution in [0.25, 0.3) is 6.08 Å². The Kier molecular flexibility index (Phi) is 6.65. The predicted molar refractivity (Wildman–Crippen MR) is 117 cm³/mol. The summed E-state index contributed by atoms with van der Waals surface area (Å²) in [5.41, 5.74) is 3.76. The average molecular weight is 452 g/mol. The van der Waals surface area contributed by atoms with E-state index in [0.717, 1.165) is 22.0 Å². The third-order valence-corrected chi connectivity index (χ3v) is 5.14. The fourth-order valence-corrected chi connectivity index (χ4v) is 3.19. The summed E-state index contributed by atoms with van der Waals surface area (Å²) >= 11 is 9.40. The topological polar surface area (TPSA) is 52.9 Å². The molecule has 0 bridgehead atoms. The molecule has 3 aromatic rings. The van der Waals surface area contributed by atoms with Gasteiger partial charge in [0.15, 0.2) is 0 Å². The molecule has 0 heterocycles. The van der Waals surface area contributed by atoms with Crippen molar-refractivity contribution in [3.8, 4) is 6.07 Å². The molecule has 0 unspecified atom stereocenters. The Morgan fingerprint density at radius 1 is 1.04 bits per heavy atom. The van der Waals surface area contributed by atoms with Gasteiger partial charge in [0.25, 0.3) is 5.91 Å². The molecule has 28 heavy (non-hydrogen) atoms. The van der Waals surface area contributed by atoms with Crippen molar-refractivity contribution in [1.29, 1.82) is 5.26 Å². The molecule has 0 saturated carbocycles. The number of rotatable bonds is 5. The summed E-state index contributed by atoms with van der Waals surface area (Å²) in [7, 11) is 0. The zero-order valence-electron chi connectivity index (χ0n) is 14.8. The highest BCUT2D eigenvalue weighted by Crippen LogP contribution is 2.20. The lowest BCUT2D eigenvalue weighted by Crippen LogP contribution is -2.13. The summed E-state index contributed by atoms with van der Waals surface area (Å²) in [5, 5.41) is 12.6. The van der Waals surface area contributed by atoms with Gasteiger partial charge in [-0.1, -0.05) is 70.0 Å². The first-order chi connectivity index (χ1) is 13.5. The maximum atomic E-state index is 12.3. The van der Waals surface area contributed by atoms with Crippen LogP contribution in [0, 0.1) is 11.3 Å². The van der Waals surface area contributed by atoms with Crippen LogP contribution >= 0.6 is 27.5 Å². The highest BCUT2D eigenvalue weighted by molar-refractivity contribution is 9.10. The molecule has 0 aromatic heterocycles. The molecule has 3 rings (SSSR count). The van der Waals surface area contributed by atoms with Crippen LogP contribution in [0.3, 0.4) is 0 Å². The van der Waals surface area contributed by atoms with Gasteiger partial charge in [-0.05, 0) is 59.5 Å². The van der Waals surface area contributed by atoms with E-state index < -0.39 is 5.91 Å². The van der Waals surface area contributed by atoms with Crippen LogP contribution in [0.4, 0.5) is 5.69 Å². The minimum atomic E-state index is -0.456. The van der Waals surface area contributed by atoms with Crippen LogP contribution < -0.4 is 5.32 Å². The van der Waals surface area contributed by atoms with Gasteiger partial charge in [0.05, 0.1) is 0 Å². The number of carbonyl (C=O) groups is 1. The third kappa shape index (κ3) is 5.32. The van der Waals surface area contributed by atoms with Crippen molar-refractivity contribution in [2.75, 3.05) is 5.32 Å². The van der Waals surface area contributed by atoms with Crippen molar-refractivity contribution in [3.05, 3.63) is 105 Å². The lowest BCUT2D eigenvalue weighted by atomic mass is 10.0. The Hall–Kier alpha value is -2.87. The van der Waals surface area contributed by atoms with Crippen molar-refractivity contribution in [1.82, 2.24) is 0 Å². The molecule has 0 aliphatic heterocycles. The van der Waals surface area contributed by atoms with E-state index in [0.29, 0.717) is 10.7 Å². The Morgan fingerprint density at radius 2 is 1.71 bits per heavy atom. The van der Waals surface area contributed by atoms with Gasteiger partial charge in [0.1, 0.15) is 11.6 Å². The summed E-state index contributed by atoms with van der Waals surface area (Å²) in [6.07, 6.45) is 2.38. The van der Waals surface area contributed by atoms with E-state index in [9.17, 15) is 10.1 Å². The van der Waals surface area contributed by atoms with Crippen LogP contribution in [0.5, 0.6) is 0 Å². The van der Waals surface area contributed by atoms with Gasteiger partial charge >= 0.3 is 0 Å². The number of halogens is 2. The van der Waals surface area contributed by atoms with Crippen LogP contribution in [-0.2, 0) is 11.2 Å². The first-order valence-electron chi connectivity index (χ1n) is 8.56. The predicted octanol–water partition coefficient (Wildman–Crippen LogP) is 6.24. The van der Waals surface area contributed by atoms with Crippen LogP contribution in [0.1, 0.15) is 16.7 Å². The summed E-state index contributed by atoms with van der Waals surface area (Å²) < 4.78 is 1.07. The smallest absolute Gasteiger partial charge is 0.266 e. The normalized spacial score (nSPS) is 11.0. The Bertz CT molecular complexity index is 1050. The van der Waals surface area contributed by atoms with Crippen LogP contribution in [0.2, 0.25) is 5.02 Å². The molecule has 0 radical (unpaired) electrons. The summed E-state index contributed by atoms with van der Waals surface area (Å²) in [4.78, 5) is 12.3. The third-order valence-electron chi connectivity index (χ3n) is 4.11. The lowest BCUT2D eigenvalue weighted by Gasteiger charge is -2.06. The highest BCUT2D eigenvalue weighted by Gasteiger charge is 2.09. The number of anilines is 1. The molecule has 0 atom stereocenters. The largest absolute Gasteiger partial charge is 0.321 e. The second kappa shape index (κ2) is 9.36. The summed E-state index contributed by atoms with van der Waals surface area (Å²) in [6, 6.07) is 24.6. The van der Waals surface area contributed by atoms with Crippen molar-refractivity contribution in [3.63, 3.8) is 0 Å². The van der Waals surface area contributed by atoms with Gasteiger partial charge in [0, 0.05) is 15.2 Å². The Labute approximate surface area is 177 Å². The lowest BCUT2D eigenvalue weighted by molar-refractivity contribution is -0.112. The molecule has 1 N–H and O–H groups in total. The molecule has 0 aliphatic rings. The number of nitriles is 1. The van der Waals surface area contributed by atoms with Gasteiger partial charge < -0.3 is 5.32 Å². The van der Waals surface area contributed by atoms with E-state index in [4.69, 9.17) is 11.6 Å². The zero-order chi connectivity index (χ0) is 19.9. The average Bonchev–Trinajstić information content (AvgIpc) is 2.70. The Morgan fingerprint density at radius 3 is 2.36 bits per heavy atom. The van der Waals surface area contributed by atoms with Crippen molar-refractivity contribution in [2.24, 2.45) is 0 Å². The molecule has 0 fully saturated rings. The molecule has 0 spiro atoms. The van der Waals surface area contributed by atoms with Gasteiger partial charge in [-0.15, -0.1) is 0 Å². The number of hydrogen-bond acceptors (Lipinski definition) is 2. The molecular formula is C23H16BrClN2O. The van der Waals surface area contributed by atoms with Gasteiger partial charge in [-0.25, -0.2) is 0 Å². The van der Waals surface area contributed by atoms with Crippen molar-refractivity contribution in [2.45, 2.75) is 6.42 Å². The molecule has 1 amide bonds.